The number of hydrogen-bond donors (Lipinski definition) is 0. The van der Waals surface area contributed by atoms with Crippen molar-refractivity contribution in [1.82, 2.24) is 4.98 Å². The molecule has 0 aliphatic carbocycles. The molecular formula is C13H12BrFN2O2S. The van der Waals surface area contributed by atoms with Crippen molar-refractivity contribution in [2.24, 2.45) is 0 Å². The molecule has 20 heavy (non-hydrogen) atoms. The normalized spacial score (nSPS) is 11.3. The Labute approximate surface area is 125 Å². The standard InChI is InChI=1S/C13H12BrFN2O2S/c1-2-17(12-5-3-4-11(15)7-12)20(18,19)13-6-10(14)8-16-9-13/h3-9H,2H2,1H3. The molecule has 0 fully saturated rings. The molecule has 4 nitrogen and oxygen atoms in total. The summed E-state index contributed by atoms with van der Waals surface area (Å²) in [5.41, 5.74) is 0.285. The van der Waals surface area contributed by atoms with Crippen LogP contribution in [0.1, 0.15) is 6.92 Å². The highest BCUT2D eigenvalue weighted by molar-refractivity contribution is 9.10. The molecule has 0 amide bonds. The second-order valence-electron chi connectivity index (χ2n) is 3.99. The Balaban J connectivity index is 2.50. The zero-order valence-corrected chi connectivity index (χ0v) is 13.0. The molecule has 1 aromatic carbocycles. The Kier molecular flexibility index (Phi) is 4.39. The molecule has 0 N–H and O–H groups in total. The van der Waals surface area contributed by atoms with Gasteiger partial charge in [-0.05, 0) is 47.1 Å². The van der Waals surface area contributed by atoms with Crippen LogP contribution in [0.25, 0.3) is 0 Å². The molecule has 0 saturated carbocycles. The van der Waals surface area contributed by atoms with Crippen molar-refractivity contribution < 1.29 is 12.8 Å². The lowest BCUT2D eigenvalue weighted by atomic mass is 10.3. The number of nitrogens with zero attached hydrogens (tertiary/aromatic N) is 2. The molecule has 7 heteroatoms. The van der Waals surface area contributed by atoms with Crippen LogP contribution in [0.5, 0.6) is 0 Å². The first-order chi connectivity index (χ1) is 9.45. The minimum absolute atomic E-state index is 0.0537. The third-order valence-corrected chi connectivity index (χ3v) is 4.95. The third kappa shape index (κ3) is 2.99. The van der Waals surface area contributed by atoms with Crippen LogP contribution >= 0.6 is 15.9 Å². The van der Waals surface area contributed by atoms with E-state index in [9.17, 15) is 12.8 Å². The molecule has 0 radical (unpaired) electrons. The van der Waals surface area contributed by atoms with Gasteiger partial charge in [0.05, 0.1) is 5.69 Å². The lowest BCUT2D eigenvalue weighted by Crippen LogP contribution is -2.30. The van der Waals surface area contributed by atoms with Gasteiger partial charge in [0.1, 0.15) is 10.7 Å². The summed E-state index contributed by atoms with van der Waals surface area (Å²) in [6, 6.07) is 6.94. The minimum Gasteiger partial charge on any atom is -0.266 e. The summed E-state index contributed by atoms with van der Waals surface area (Å²) in [5, 5.41) is 0. The van der Waals surface area contributed by atoms with E-state index in [1.165, 1.54) is 36.7 Å². The van der Waals surface area contributed by atoms with Crippen molar-refractivity contribution in [2.75, 3.05) is 10.8 Å². The van der Waals surface area contributed by atoms with Crippen LogP contribution in [-0.4, -0.2) is 19.9 Å². The lowest BCUT2D eigenvalue weighted by molar-refractivity contribution is 0.591. The van der Waals surface area contributed by atoms with E-state index in [2.05, 4.69) is 20.9 Å². The van der Waals surface area contributed by atoms with Crippen molar-refractivity contribution >= 4 is 31.6 Å². The van der Waals surface area contributed by atoms with E-state index in [-0.39, 0.29) is 17.1 Å². The predicted molar refractivity (Wildman–Crippen MR) is 78.5 cm³/mol. The van der Waals surface area contributed by atoms with E-state index in [1.54, 1.807) is 13.0 Å². The maximum Gasteiger partial charge on any atom is 0.265 e. The molecule has 0 spiro atoms. The molecule has 0 atom stereocenters. The van der Waals surface area contributed by atoms with Crippen molar-refractivity contribution in [3.05, 3.63) is 53.0 Å². The topological polar surface area (TPSA) is 50.3 Å². The van der Waals surface area contributed by atoms with Crippen LogP contribution in [0.2, 0.25) is 0 Å². The first kappa shape index (κ1) is 14.9. The van der Waals surface area contributed by atoms with E-state index in [0.717, 1.165) is 4.31 Å². The molecule has 0 bridgehead atoms. The average Bonchev–Trinajstić information content (AvgIpc) is 2.39. The molecule has 1 heterocycles. The summed E-state index contributed by atoms with van der Waals surface area (Å²) < 4.78 is 40.1. The SMILES string of the molecule is CCN(c1cccc(F)c1)S(=O)(=O)c1cncc(Br)c1. The maximum absolute atomic E-state index is 13.3. The summed E-state index contributed by atoms with van der Waals surface area (Å²) in [4.78, 5) is 3.91. The fraction of sp³-hybridized carbons (Fsp3) is 0.154. The van der Waals surface area contributed by atoms with Crippen LogP contribution in [0.4, 0.5) is 10.1 Å². The highest BCUT2D eigenvalue weighted by atomic mass is 79.9. The summed E-state index contributed by atoms with van der Waals surface area (Å²) in [6.45, 7) is 1.88. The number of hydrogen-bond acceptors (Lipinski definition) is 3. The fourth-order valence-corrected chi connectivity index (χ4v) is 3.76. The van der Waals surface area contributed by atoms with Crippen LogP contribution in [0.15, 0.2) is 52.1 Å². The molecule has 2 rings (SSSR count). The van der Waals surface area contributed by atoms with Gasteiger partial charge in [-0.3, -0.25) is 9.29 Å². The van der Waals surface area contributed by atoms with Crippen molar-refractivity contribution in [1.29, 1.82) is 0 Å². The molecule has 0 aliphatic heterocycles. The Morgan fingerprint density at radius 3 is 2.65 bits per heavy atom. The number of halogens is 2. The second kappa shape index (κ2) is 5.88. The van der Waals surface area contributed by atoms with Crippen LogP contribution in [0.3, 0.4) is 0 Å². The van der Waals surface area contributed by atoms with Crippen molar-refractivity contribution in [2.45, 2.75) is 11.8 Å². The number of rotatable bonds is 4. The number of sulfonamides is 1. The average molecular weight is 359 g/mol. The largest absolute Gasteiger partial charge is 0.266 e. The summed E-state index contributed by atoms with van der Waals surface area (Å²) in [5.74, 6) is -0.483. The molecular weight excluding hydrogens is 347 g/mol. The van der Waals surface area contributed by atoms with Crippen LogP contribution < -0.4 is 4.31 Å². The van der Waals surface area contributed by atoms with Gasteiger partial charge in [-0.1, -0.05) is 6.07 Å². The van der Waals surface area contributed by atoms with Crippen molar-refractivity contribution in [3.8, 4) is 0 Å². The third-order valence-electron chi connectivity index (χ3n) is 2.65. The maximum atomic E-state index is 13.3. The van der Waals surface area contributed by atoms with Gasteiger partial charge in [-0.25, -0.2) is 12.8 Å². The molecule has 0 unspecified atom stereocenters. The smallest absolute Gasteiger partial charge is 0.265 e. The summed E-state index contributed by atoms with van der Waals surface area (Å²) in [7, 11) is -3.77. The summed E-state index contributed by atoms with van der Waals surface area (Å²) in [6.07, 6.45) is 2.76. The number of pyridine rings is 1. The Bertz CT molecular complexity index is 722. The monoisotopic (exact) mass is 358 g/mol. The van der Waals surface area contributed by atoms with Gasteiger partial charge >= 0.3 is 0 Å². The molecule has 0 saturated heterocycles. The van der Waals surface area contributed by atoms with Gasteiger partial charge in [-0.2, -0.15) is 0 Å². The Morgan fingerprint density at radius 2 is 2.05 bits per heavy atom. The molecule has 1 aromatic heterocycles. The highest BCUT2D eigenvalue weighted by Crippen LogP contribution is 2.25. The van der Waals surface area contributed by atoms with E-state index in [1.807, 2.05) is 0 Å². The second-order valence-corrected chi connectivity index (χ2v) is 6.77. The van der Waals surface area contributed by atoms with E-state index < -0.39 is 15.8 Å². The molecule has 106 valence electrons. The number of benzene rings is 1. The highest BCUT2D eigenvalue weighted by Gasteiger charge is 2.24. The zero-order valence-electron chi connectivity index (χ0n) is 10.6. The quantitative estimate of drug-likeness (QED) is 0.843. The fourth-order valence-electron chi connectivity index (χ4n) is 1.78. The van der Waals surface area contributed by atoms with Gasteiger partial charge < -0.3 is 0 Å². The number of aromatic nitrogens is 1. The van der Waals surface area contributed by atoms with Crippen LogP contribution in [0, 0.1) is 5.82 Å². The van der Waals surface area contributed by atoms with Gasteiger partial charge in [0.25, 0.3) is 10.0 Å². The van der Waals surface area contributed by atoms with Gasteiger partial charge in [0, 0.05) is 23.4 Å². The Morgan fingerprint density at radius 1 is 1.30 bits per heavy atom. The van der Waals surface area contributed by atoms with Gasteiger partial charge in [0.2, 0.25) is 0 Å². The molecule has 2 aromatic rings. The lowest BCUT2D eigenvalue weighted by Gasteiger charge is -2.22. The van der Waals surface area contributed by atoms with Gasteiger partial charge in [-0.15, -0.1) is 0 Å². The first-order valence-corrected chi connectivity index (χ1v) is 8.07. The first-order valence-electron chi connectivity index (χ1n) is 5.84. The predicted octanol–water partition coefficient (Wildman–Crippen LogP) is 3.20. The van der Waals surface area contributed by atoms with E-state index >= 15 is 0 Å². The van der Waals surface area contributed by atoms with Crippen molar-refractivity contribution in [3.63, 3.8) is 0 Å². The minimum atomic E-state index is -3.77. The van der Waals surface area contributed by atoms with E-state index in [0.29, 0.717) is 4.47 Å². The number of anilines is 1. The van der Waals surface area contributed by atoms with E-state index in [4.69, 9.17) is 0 Å². The van der Waals surface area contributed by atoms with Gasteiger partial charge in [0.15, 0.2) is 0 Å². The molecule has 0 aliphatic rings. The Hall–Kier alpha value is -1.47. The van der Waals surface area contributed by atoms with Crippen LogP contribution in [-0.2, 0) is 10.0 Å². The summed E-state index contributed by atoms with van der Waals surface area (Å²) >= 11 is 3.19. The zero-order chi connectivity index (χ0) is 14.8.